The number of hydrogen-bond acceptors (Lipinski definition) is 5. The molecule has 3 N–H and O–H groups in total. The molecule has 0 amide bonds. The van der Waals surface area contributed by atoms with E-state index in [-0.39, 0.29) is 10.8 Å². The minimum atomic E-state index is -3.79. The Morgan fingerprint density at radius 3 is 2.14 bits per heavy atom. The Labute approximate surface area is 177 Å². The summed E-state index contributed by atoms with van der Waals surface area (Å²) in [6.45, 7) is 0. The lowest BCUT2D eigenvalue weighted by atomic mass is 10.3. The van der Waals surface area contributed by atoms with Gasteiger partial charge in [-0.25, -0.2) is 23.1 Å². The van der Waals surface area contributed by atoms with Gasteiger partial charge < -0.3 is 10.6 Å². The quantitative estimate of drug-likeness (QED) is 0.492. The van der Waals surface area contributed by atoms with Crippen molar-refractivity contribution < 1.29 is 8.42 Å². The third-order valence-corrected chi connectivity index (χ3v) is 5.68. The van der Waals surface area contributed by atoms with Gasteiger partial charge in [-0.2, -0.15) is 0 Å². The van der Waals surface area contributed by atoms with Crippen LogP contribution >= 0.6 is 35.4 Å². The van der Waals surface area contributed by atoms with Crippen LogP contribution < -0.4 is 15.4 Å². The Kier molecular flexibility index (Phi) is 6.30. The number of halogens is 2. The fraction of sp³-hybridized carbons (Fsp3) is 0. The van der Waals surface area contributed by atoms with Crippen LogP contribution in [0.5, 0.6) is 0 Å². The second-order valence-corrected chi connectivity index (χ2v) is 8.32. The highest BCUT2D eigenvalue weighted by Crippen LogP contribution is 2.25. The van der Waals surface area contributed by atoms with E-state index in [0.717, 1.165) is 0 Å². The number of nitrogens with zero attached hydrogens (tertiary/aromatic N) is 2. The van der Waals surface area contributed by atoms with E-state index in [0.29, 0.717) is 26.5 Å². The number of aromatic nitrogens is 2. The summed E-state index contributed by atoms with van der Waals surface area (Å²) in [7, 11) is -3.79. The van der Waals surface area contributed by atoms with Crippen molar-refractivity contribution in [2.45, 2.75) is 4.90 Å². The van der Waals surface area contributed by atoms with Crippen molar-refractivity contribution in [3.63, 3.8) is 0 Å². The lowest BCUT2D eigenvalue weighted by Crippen LogP contribution is -2.19. The summed E-state index contributed by atoms with van der Waals surface area (Å²) < 4.78 is 27.0. The fourth-order valence-corrected chi connectivity index (χ4v) is 3.61. The number of rotatable bonds is 5. The van der Waals surface area contributed by atoms with Crippen molar-refractivity contribution in [1.82, 2.24) is 9.97 Å². The molecule has 1 heterocycles. The fourth-order valence-electron chi connectivity index (χ4n) is 2.12. The van der Waals surface area contributed by atoms with Crippen LogP contribution in [0.1, 0.15) is 0 Å². The van der Waals surface area contributed by atoms with E-state index in [1.54, 1.807) is 36.4 Å². The van der Waals surface area contributed by atoms with Gasteiger partial charge in [-0.15, -0.1) is 0 Å². The highest BCUT2D eigenvalue weighted by atomic mass is 35.5. The molecule has 7 nitrogen and oxygen atoms in total. The Balaban J connectivity index is 1.65. The molecule has 11 heteroatoms. The summed E-state index contributed by atoms with van der Waals surface area (Å²) >= 11 is 17.1. The zero-order valence-electron chi connectivity index (χ0n) is 14.1. The molecule has 0 fully saturated rings. The highest BCUT2D eigenvalue weighted by Gasteiger charge is 2.15. The lowest BCUT2D eigenvalue weighted by Gasteiger charge is -2.12. The summed E-state index contributed by atoms with van der Waals surface area (Å²) in [5, 5.41) is 7.08. The minimum absolute atomic E-state index is 0.00305. The average molecular weight is 454 g/mol. The number of thiocarbonyl (C=S) groups is 1. The van der Waals surface area contributed by atoms with Crippen molar-refractivity contribution in [3.8, 4) is 0 Å². The molecule has 3 aromatic rings. The molecular formula is C17H13Cl2N5O2S2. The van der Waals surface area contributed by atoms with E-state index in [1.807, 2.05) is 0 Å². The third kappa shape index (κ3) is 5.29. The molecule has 2 aromatic carbocycles. The second-order valence-electron chi connectivity index (χ2n) is 5.41. The van der Waals surface area contributed by atoms with Crippen LogP contribution in [0.25, 0.3) is 0 Å². The van der Waals surface area contributed by atoms with Crippen LogP contribution in [-0.2, 0) is 10.0 Å². The first kappa shape index (κ1) is 20.3. The Morgan fingerprint density at radius 1 is 0.893 bits per heavy atom. The van der Waals surface area contributed by atoms with Crippen LogP contribution in [0.2, 0.25) is 10.0 Å². The zero-order chi connectivity index (χ0) is 20.1. The largest absolute Gasteiger partial charge is 0.332 e. The minimum Gasteiger partial charge on any atom is -0.332 e. The first-order valence-corrected chi connectivity index (χ1v) is 10.4. The molecule has 0 bridgehead atoms. The SMILES string of the molecule is O=S(=O)(Nc1ncccn1)c1ccc(NC(=S)Nc2ccc(Cl)c(Cl)c2)cc1. The molecule has 3 rings (SSSR count). The number of sulfonamides is 1. The summed E-state index contributed by atoms with van der Waals surface area (Å²) in [6, 6.07) is 12.7. The van der Waals surface area contributed by atoms with Crippen molar-refractivity contribution >= 4 is 67.9 Å². The van der Waals surface area contributed by atoms with Gasteiger partial charge in [0.1, 0.15) is 0 Å². The molecule has 0 spiro atoms. The van der Waals surface area contributed by atoms with Gasteiger partial charge in [0.05, 0.1) is 14.9 Å². The van der Waals surface area contributed by atoms with Crippen LogP contribution in [0.4, 0.5) is 17.3 Å². The predicted octanol–water partition coefficient (Wildman–Crippen LogP) is 4.39. The maximum atomic E-state index is 12.4. The summed E-state index contributed by atoms with van der Waals surface area (Å²) in [5.74, 6) is -0.00305. The molecule has 0 aliphatic heterocycles. The molecule has 0 unspecified atom stereocenters. The summed E-state index contributed by atoms with van der Waals surface area (Å²) in [5.41, 5.74) is 1.27. The molecule has 0 saturated carbocycles. The van der Waals surface area contributed by atoms with E-state index in [2.05, 4.69) is 25.3 Å². The molecule has 1 aromatic heterocycles. The zero-order valence-corrected chi connectivity index (χ0v) is 17.2. The van der Waals surface area contributed by atoms with E-state index in [4.69, 9.17) is 35.4 Å². The van der Waals surface area contributed by atoms with Crippen molar-refractivity contribution in [3.05, 3.63) is 71.0 Å². The first-order chi connectivity index (χ1) is 13.3. The molecule has 144 valence electrons. The van der Waals surface area contributed by atoms with E-state index < -0.39 is 10.0 Å². The first-order valence-electron chi connectivity index (χ1n) is 7.76. The van der Waals surface area contributed by atoms with Gasteiger partial charge in [-0.05, 0) is 60.7 Å². The smallest absolute Gasteiger partial charge is 0.264 e. The van der Waals surface area contributed by atoms with Gasteiger partial charge in [0, 0.05) is 23.8 Å². The molecule has 0 atom stereocenters. The molecule has 28 heavy (non-hydrogen) atoms. The van der Waals surface area contributed by atoms with Crippen molar-refractivity contribution in [2.75, 3.05) is 15.4 Å². The van der Waals surface area contributed by atoms with E-state index in [9.17, 15) is 8.42 Å². The van der Waals surface area contributed by atoms with Crippen LogP contribution in [0.15, 0.2) is 65.8 Å². The number of hydrogen-bond donors (Lipinski definition) is 3. The van der Waals surface area contributed by atoms with Crippen LogP contribution in [-0.4, -0.2) is 23.5 Å². The van der Waals surface area contributed by atoms with Crippen LogP contribution in [0, 0.1) is 0 Å². The maximum absolute atomic E-state index is 12.4. The van der Waals surface area contributed by atoms with Gasteiger partial charge in [0.2, 0.25) is 5.95 Å². The molecule has 0 aliphatic carbocycles. The Morgan fingerprint density at radius 2 is 1.50 bits per heavy atom. The predicted molar refractivity (Wildman–Crippen MR) is 116 cm³/mol. The molecule has 0 radical (unpaired) electrons. The van der Waals surface area contributed by atoms with Gasteiger partial charge >= 0.3 is 0 Å². The Bertz CT molecular complexity index is 1090. The average Bonchev–Trinajstić information content (AvgIpc) is 2.65. The summed E-state index contributed by atoms with van der Waals surface area (Å²) in [4.78, 5) is 7.75. The summed E-state index contributed by atoms with van der Waals surface area (Å²) in [6.07, 6.45) is 2.89. The second kappa shape index (κ2) is 8.70. The lowest BCUT2D eigenvalue weighted by molar-refractivity contribution is 0.601. The van der Waals surface area contributed by atoms with Gasteiger partial charge in [-0.1, -0.05) is 23.2 Å². The van der Waals surface area contributed by atoms with E-state index in [1.165, 1.54) is 24.5 Å². The van der Waals surface area contributed by atoms with Crippen molar-refractivity contribution in [2.24, 2.45) is 0 Å². The van der Waals surface area contributed by atoms with Crippen LogP contribution in [0.3, 0.4) is 0 Å². The number of anilines is 3. The number of benzene rings is 2. The van der Waals surface area contributed by atoms with Crippen molar-refractivity contribution in [1.29, 1.82) is 0 Å². The normalized spacial score (nSPS) is 10.9. The topological polar surface area (TPSA) is 96.0 Å². The highest BCUT2D eigenvalue weighted by molar-refractivity contribution is 7.92. The standard InChI is InChI=1S/C17H13Cl2N5O2S2/c18-14-7-4-12(10-15(14)19)23-17(27)22-11-2-5-13(6-3-11)28(25,26)24-16-20-8-1-9-21-16/h1-10H,(H,20,21,24)(H2,22,23,27). The third-order valence-electron chi connectivity index (χ3n) is 3.39. The van der Waals surface area contributed by atoms with Gasteiger partial charge in [0.15, 0.2) is 5.11 Å². The maximum Gasteiger partial charge on any atom is 0.264 e. The number of nitrogens with one attached hydrogen (secondary N) is 3. The van der Waals surface area contributed by atoms with Gasteiger partial charge in [0.25, 0.3) is 10.0 Å². The Hall–Kier alpha value is -2.46. The van der Waals surface area contributed by atoms with E-state index >= 15 is 0 Å². The molecule has 0 saturated heterocycles. The monoisotopic (exact) mass is 453 g/mol. The molecule has 0 aliphatic rings. The molecular weight excluding hydrogens is 441 g/mol. The van der Waals surface area contributed by atoms with Gasteiger partial charge in [-0.3, -0.25) is 0 Å².